The molecule has 27 heavy (non-hydrogen) atoms. The van der Waals surface area contributed by atoms with Gasteiger partial charge in [-0.2, -0.15) is 0 Å². The van der Waals surface area contributed by atoms with Crippen LogP contribution in [0.1, 0.15) is 22.8 Å². The number of carbonyl (C=O) groups excluding carboxylic acids is 1. The van der Waals surface area contributed by atoms with Crippen molar-refractivity contribution in [3.05, 3.63) is 77.9 Å². The first-order valence-corrected chi connectivity index (χ1v) is 8.49. The number of nitrogens with zero attached hydrogens (tertiary/aromatic N) is 2. The van der Waals surface area contributed by atoms with Gasteiger partial charge in [0.1, 0.15) is 11.6 Å². The highest BCUT2D eigenvalue weighted by molar-refractivity contribution is 6.04. The molecule has 0 unspecified atom stereocenters. The van der Waals surface area contributed by atoms with Crippen LogP contribution in [0.5, 0.6) is 5.75 Å². The minimum absolute atomic E-state index is 0.281. The highest BCUT2D eigenvalue weighted by atomic mass is 19.1. The number of carbonyl (C=O) groups is 1. The van der Waals surface area contributed by atoms with E-state index < -0.39 is 0 Å². The van der Waals surface area contributed by atoms with Crippen molar-refractivity contribution >= 4 is 17.5 Å². The number of halogens is 1. The van der Waals surface area contributed by atoms with E-state index in [4.69, 9.17) is 4.74 Å². The predicted octanol–water partition coefficient (Wildman–Crippen LogP) is 3.88. The van der Waals surface area contributed by atoms with Crippen LogP contribution in [-0.4, -0.2) is 22.5 Å². The lowest BCUT2D eigenvalue weighted by molar-refractivity contribution is 0.102. The van der Waals surface area contributed by atoms with Crippen LogP contribution in [0.3, 0.4) is 0 Å². The van der Waals surface area contributed by atoms with Gasteiger partial charge in [0.15, 0.2) is 0 Å². The summed E-state index contributed by atoms with van der Waals surface area (Å²) in [4.78, 5) is 20.7. The molecule has 0 bridgehead atoms. The van der Waals surface area contributed by atoms with Gasteiger partial charge in [0.05, 0.1) is 17.9 Å². The van der Waals surface area contributed by atoms with Gasteiger partial charge in [-0.05, 0) is 36.8 Å². The molecule has 1 aromatic heterocycles. The van der Waals surface area contributed by atoms with Crippen molar-refractivity contribution in [2.45, 2.75) is 13.5 Å². The highest BCUT2D eigenvalue weighted by Crippen LogP contribution is 2.24. The maximum absolute atomic E-state index is 12.9. The van der Waals surface area contributed by atoms with Gasteiger partial charge in [0.25, 0.3) is 5.91 Å². The lowest BCUT2D eigenvalue weighted by Crippen LogP contribution is -2.14. The van der Waals surface area contributed by atoms with Gasteiger partial charge in [-0.1, -0.05) is 24.3 Å². The Hall–Kier alpha value is -3.48. The van der Waals surface area contributed by atoms with E-state index in [1.165, 1.54) is 24.5 Å². The zero-order valence-electron chi connectivity index (χ0n) is 14.8. The van der Waals surface area contributed by atoms with Gasteiger partial charge in [-0.25, -0.2) is 14.4 Å². The minimum Gasteiger partial charge on any atom is -0.492 e. The number of hydrogen-bond acceptors (Lipinski definition) is 5. The van der Waals surface area contributed by atoms with Crippen LogP contribution in [0.15, 0.2) is 60.9 Å². The summed E-state index contributed by atoms with van der Waals surface area (Å²) in [5, 5.41) is 5.82. The molecule has 3 aromatic rings. The SMILES string of the molecule is CCOc1ccccc1NC(=O)c1cnc(NCc2ccc(F)cc2)nc1. The fraction of sp³-hybridized carbons (Fsp3) is 0.150. The fourth-order valence-corrected chi connectivity index (χ4v) is 2.37. The summed E-state index contributed by atoms with van der Waals surface area (Å²) in [6, 6.07) is 13.4. The third-order valence-corrected chi connectivity index (χ3v) is 3.71. The minimum atomic E-state index is -0.327. The molecular formula is C20H19FN4O2. The third kappa shape index (κ3) is 5.01. The van der Waals surface area contributed by atoms with Crippen LogP contribution in [0, 0.1) is 5.82 Å². The van der Waals surface area contributed by atoms with Crippen LogP contribution >= 0.6 is 0 Å². The van der Waals surface area contributed by atoms with Gasteiger partial charge >= 0.3 is 0 Å². The van der Waals surface area contributed by atoms with Crippen LogP contribution in [-0.2, 0) is 6.54 Å². The van der Waals surface area contributed by atoms with Crippen molar-refractivity contribution in [3.63, 3.8) is 0 Å². The van der Waals surface area contributed by atoms with Gasteiger partial charge in [0, 0.05) is 18.9 Å². The lowest BCUT2D eigenvalue weighted by atomic mass is 10.2. The second-order valence-electron chi connectivity index (χ2n) is 5.66. The number of hydrogen-bond donors (Lipinski definition) is 2. The number of rotatable bonds is 7. The molecule has 0 spiro atoms. The molecule has 0 saturated heterocycles. The van der Waals surface area contributed by atoms with E-state index in [2.05, 4.69) is 20.6 Å². The number of nitrogens with one attached hydrogen (secondary N) is 2. The zero-order valence-corrected chi connectivity index (χ0v) is 14.8. The number of aromatic nitrogens is 2. The Balaban J connectivity index is 1.61. The van der Waals surface area contributed by atoms with Crippen LogP contribution < -0.4 is 15.4 Å². The monoisotopic (exact) mass is 366 g/mol. The Kier molecular flexibility index (Phi) is 5.94. The molecule has 0 saturated carbocycles. The molecule has 0 aliphatic rings. The summed E-state index contributed by atoms with van der Waals surface area (Å²) in [6.45, 7) is 2.84. The molecular weight excluding hydrogens is 347 g/mol. The Morgan fingerprint density at radius 2 is 1.78 bits per heavy atom. The molecule has 2 N–H and O–H groups in total. The largest absolute Gasteiger partial charge is 0.492 e. The molecule has 0 radical (unpaired) electrons. The fourth-order valence-electron chi connectivity index (χ4n) is 2.37. The molecule has 1 amide bonds. The summed E-state index contributed by atoms with van der Waals surface area (Å²) in [5.74, 6) is 0.376. The van der Waals surface area contributed by atoms with Gasteiger partial charge in [-0.15, -0.1) is 0 Å². The molecule has 0 atom stereocenters. The highest BCUT2D eigenvalue weighted by Gasteiger charge is 2.11. The molecule has 3 rings (SSSR count). The second-order valence-corrected chi connectivity index (χ2v) is 5.66. The molecule has 2 aromatic carbocycles. The molecule has 0 aliphatic carbocycles. The first-order valence-electron chi connectivity index (χ1n) is 8.49. The standard InChI is InChI=1S/C20H19FN4O2/c1-2-27-18-6-4-3-5-17(18)25-19(26)15-12-23-20(24-13-15)22-11-14-7-9-16(21)10-8-14/h3-10,12-13H,2,11H2,1H3,(H,25,26)(H,22,23,24). The quantitative estimate of drug-likeness (QED) is 0.664. The van der Waals surface area contributed by atoms with Gasteiger partial charge < -0.3 is 15.4 Å². The van der Waals surface area contributed by atoms with E-state index in [0.29, 0.717) is 36.1 Å². The third-order valence-electron chi connectivity index (χ3n) is 3.71. The smallest absolute Gasteiger partial charge is 0.258 e. The normalized spacial score (nSPS) is 10.3. The van der Waals surface area contributed by atoms with E-state index in [-0.39, 0.29) is 11.7 Å². The van der Waals surface area contributed by atoms with Crippen molar-refractivity contribution in [2.75, 3.05) is 17.2 Å². The summed E-state index contributed by atoms with van der Waals surface area (Å²) in [7, 11) is 0. The Labute approximate surface area is 156 Å². The predicted molar refractivity (Wildman–Crippen MR) is 101 cm³/mol. The Morgan fingerprint density at radius 3 is 2.48 bits per heavy atom. The number of ether oxygens (including phenoxy) is 1. The van der Waals surface area contributed by atoms with Crippen molar-refractivity contribution in [1.29, 1.82) is 0 Å². The molecule has 138 valence electrons. The first kappa shape index (κ1) is 18.3. The van der Waals surface area contributed by atoms with E-state index in [9.17, 15) is 9.18 Å². The van der Waals surface area contributed by atoms with Crippen molar-refractivity contribution < 1.29 is 13.9 Å². The summed E-state index contributed by atoms with van der Waals surface area (Å²) < 4.78 is 18.4. The second kappa shape index (κ2) is 8.75. The molecule has 1 heterocycles. The Morgan fingerprint density at radius 1 is 1.07 bits per heavy atom. The number of amides is 1. The average Bonchev–Trinajstić information content (AvgIpc) is 2.69. The van der Waals surface area contributed by atoms with Crippen LogP contribution in [0.2, 0.25) is 0 Å². The summed E-state index contributed by atoms with van der Waals surface area (Å²) in [6.07, 6.45) is 2.89. The lowest BCUT2D eigenvalue weighted by Gasteiger charge is -2.11. The molecule has 7 heteroatoms. The molecule has 0 fully saturated rings. The van der Waals surface area contributed by atoms with Crippen molar-refractivity contribution in [1.82, 2.24) is 9.97 Å². The molecule has 6 nitrogen and oxygen atoms in total. The van der Waals surface area contributed by atoms with E-state index >= 15 is 0 Å². The number of benzene rings is 2. The van der Waals surface area contributed by atoms with Gasteiger partial charge in [0.2, 0.25) is 5.95 Å². The summed E-state index contributed by atoms with van der Waals surface area (Å²) in [5.41, 5.74) is 1.81. The van der Waals surface area contributed by atoms with Crippen LogP contribution in [0.4, 0.5) is 16.0 Å². The van der Waals surface area contributed by atoms with Crippen molar-refractivity contribution in [2.24, 2.45) is 0 Å². The zero-order chi connectivity index (χ0) is 19.1. The van der Waals surface area contributed by atoms with Gasteiger partial charge in [-0.3, -0.25) is 4.79 Å². The maximum Gasteiger partial charge on any atom is 0.258 e. The topological polar surface area (TPSA) is 76.1 Å². The van der Waals surface area contributed by atoms with Crippen molar-refractivity contribution in [3.8, 4) is 5.75 Å². The first-order chi connectivity index (χ1) is 13.2. The van der Waals surface area contributed by atoms with E-state index in [1.54, 1.807) is 24.3 Å². The average molecular weight is 366 g/mol. The van der Waals surface area contributed by atoms with E-state index in [1.807, 2.05) is 19.1 Å². The molecule has 0 aliphatic heterocycles. The Bertz CT molecular complexity index is 899. The maximum atomic E-state index is 12.9. The summed E-state index contributed by atoms with van der Waals surface area (Å²) >= 11 is 0. The number of anilines is 2. The number of para-hydroxylation sites is 2. The van der Waals surface area contributed by atoms with E-state index in [0.717, 1.165) is 5.56 Å². The van der Waals surface area contributed by atoms with Crippen LogP contribution in [0.25, 0.3) is 0 Å².